The molecule has 3 heterocycles. The smallest absolute Gasteiger partial charge is 0.295 e. The van der Waals surface area contributed by atoms with Crippen LogP contribution in [-0.4, -0.2) is 35.0 Å². The van der Waals surface area contributed by atoms with Gasteiger partial charge in [0.25, 0.3) is 11.7 Å². The number of benzene rings is 2. The van der Waals surface area contributed by atoms with Crippen LogP contribution in [-0.2, 0) is 16.0 Å². The number of furan rings is 1. The molecule has 33 heavy (non-hydrogen) atoms. The summed E-state index contributed by atoms with van der Waals surface area (Å²) in [5, 5.41) is 11.1. The normalized spacial score (nSPS) is 18.8. The second-order valence-corrected chi connectivity index (χ2v) is 7.89. The monoisotopic (exact) mass is 449 g/mol. The lowest BCUT2D eigenvalue weighted by molar-refractivity contribution is -0.140. The molecule has 2 aliphatic heterocycles. The van der Waals surface area contributed by atoms with Crippen LogP contribution >= 0.6 is 0 Å². The molecule has 1 atom stereocenters. The molecule has 1 N–H and O–H groups in total. The third kappa shape index (κ3) is 3.73. The molecule has 2 aromatic carbocycles. The minimum Gasteiger partial charge on any atom is -0.507 e. The minimum absolute atomic E-state index is 0.0627. The Morgan fingerprint density at radius 3 is 2.55 bits per heavy atom. The standard InChI is InChI=1S/C25H20FNO6/c1-14-2-8-19(33-14)22-21(23(28)16-5-9-18-20(12-16)32-13-31-18)24(29)25(30)27(22)11-10-15-3-6-17(26)7-4-15/h2-9,12,22,28H,10-11,13H2,1H3/b23-21-. The molecular weight excluding hydrogens is 429 g/mol. The van der Waals surface area contributed by atoms with E-state index in [-0.39, 0.29) is 30.5 Å². The zero-order valence-corrected chi connectivity index (χ0v) is 17.7. The molecule has 0 bridgehead atoms. The molecular formula is C25H20FNO6. The zero-order valence-electron chi connectivity index (χ0n) is 17.7. The van der Waals surface area contributed by atoms with Crippen molar-refractivity contribution < 1.29 is 33.0 Å². The summed E-state index contributed by atoms with van der Waals surface area (Å²) in [7, 11) is 0. The van der Waals surface area contributed by atoms with E-state index in [0.29, 0.717) is 35.0 Å². The third-order valence-electron chi connectivity index (χ3n) is 5.77. The van der Waals surface area contributed by atoms with Crippen molar-refractivity contribution in [2.75, 3.05) is 13.3 Å². The fourth-order valence-electron chi connectivity index (χ4n) is 4.11. The number of rotatable bonds is 5. The maximum Gasteiger partial charge on any atom is 0.295 e. The Bertz CT molecular complexity index is 1280. The number of Topliss-reactive ketones (excluding diaryl/α,β-unsaturated/α-hetero) is 1. The number of aliphatic hydroxyl groups is 1. The number of amides is 1. The van der Waals surface area contributed by atoms with Crippen LogP contribution in [0.2, 0.25) is 0 Å². The van der Waals surface area contributed by atoms with Gasteiger partial charge in [-0.3, -0.25) is 9.59 Å². The minimum atomic E-state index is -0.899. The summed E-state index contributed by atoms with van der Waals surface area (Å²) >= 11 is 0. The number of nitrogens with zero attached hydrogens (tertiary/aromatic N) is 1. The number of ketones is 1. The highest BCUT2D eigenvalue weighted by atomic mass is 19.1. The molecule has 1 aromatic heterocycles. The Labute approximate surface area is 188 Å². The van der Waals surface area contributed by atoms with Gasteiger partial charge >= 0.3 is 0 Å². The highest BCUT2D eigenvalue weighted by Crippen LogP contribution is 2.41. The van der Waals surface area contributed by atoms with Crippen LogP contribution in [0, 0.1) is 12.7 Å². The summed E-state index contributed by atoms with van der Waals surface area (Å²) in [6.07, 6.45) is 0.396. The number of likely N-dealkylation sites (tertiary alicyclic amines) is 1. The van der Waals surface area contributed by atoms with Crippen LogP contribution in [0.15, 0.2) is 64.6 Å². The van der Waals surface area contributed by atoms with Gasteiger partial charge in [0.05, 0.1) is 5.57 Å². The number of hydrogen-bond acceptors (Lipinski definition) is 6. The largest absolute Gasteiger partial charge is 0.507 e. The molecule has 0 saturated carbocycles. The predicted octanol–water partition coefficient (Wildman–Crippen LogP) is 4.12. The Hall–Kier alpha value is -4.07. The number of halogens is 1. The molecule has 0 radical (unpaired) electrons. The van der Waals surface area contributed by atoms with Gasteiger partial charge in [-0.2, -0.15) is 0 Å². The molecule has 1 unspecified atom stereocenters. The highest BCUT2D eigenvalue weighted by molar-refractivity contribution is 6.46. The lowest BCUT2D eigenvalue weighted by atomic mass is 9.99. The van der Waals surface area contributed by atoms with Crippen LogP contribution in [0.5, 0.6) is 11.5 Å². The fourth-order valence-corrected chi connectivity index (χ4v) is 4.11. The van der Waals surface area contributed by atoms with Crippen molar-refractivity contribution in [3.8, 4) is 11.5 Å². The second kappa shape index (κ2) is 8.12. The number of hydrogen-bond donors (Lipinski definition) is 1. The van der Waals surface area contributed by atoms with Crippen molar-refractivity contribution in [2.24, 2.45) is 0 Å². The summed E-state index contributed by atoms with van der Waals surface area (Å²) in [5.41, 5.74) is 1.07. The van der Waals surface area contributed by atoms with E-state index in [0.717, 1.165) is 5.56 Å². The van der Waals surface area contributed by atoms with E-state index >= 15 is 0 Å². The Kier molecular flexibility index (Phi) is 5.12. The first-order valence-corrected chi connectivity index (χ1v) is 10.4. The summed E-state index contributed by atoms with van der Waals surface area (Å²) in [6.45, 7) is 2.00. The summed E-state index contributed by atoms with van der Waals surface area (Å²) in [4.78, 5) is 27.4. The second-order valence-electron chi connectivity index (χ2n) is 7.89. The van der Waals surface area contributed by atoms with Crippen LogP contribution in [0.4, 0.5) is 4.39 Å². The lowest BCUT2D eigenvalue weighted by Crippen LogP contribution is -2.31. The van der Waals surface area contributed by atoms with Gasteiger partial charge in [-0.25, -0.2) is 4.39 Å². The topological polar surface area (TPSA) is 89.2 Å². The highest BCUT2D eigenvalue weighted by Gasteiger charge is 2.47. The third-order valence-corrected chi connectivity index (χ3v) is 5.77. The van der Waals surface area contributed by atoms with Gasteiger partial charge in [0.1, 0.15) is 29.1 Å². The average molecular weight is 449 g/mol. The SMILES string of the molecule is Cc1ccc(C2/C(=C(/O)c3ccc4c(c3)OCO4)C(=O)C(=O)N2CCc2ccc(F)cc2)o1. The Morgan fingerprint density at radius 1 is 1.06 bits per heavy atom. The number of aryl methyl sites for hydroxylation is 1. The number of carbonyl (C=O) groups is 2. The molecule has 5 rings (SSSR count). The molecule has 168 valence electrons. The van der Waals surface area contributed by atoms with E-state index in [1.54, 1.807) is 49.4 Å². The number of ether oxygens (including phenoxy) is 2. The summed E-state index contributed by atoms with van der Waals surface area (Å²) in [6, 6.07) is 13.3. The van der Waals surface area contributed by atoms with E-state index in [1.165, 1.54) is 17.0 Å². The fraction of sp³-hybridized carbons (Fsp3) is 0.200. The zero-order chi connectivity index (χ0) is 23.1. The van der Waals surface area contributed by atoms with E-state index < -0.39 is 17.7 Å². The molecule has 7 nitrogen and oxygen atoms in total. The average Bonchev–Trinajstić information content (AvgIpc) is 3.51. The van der Waals surface area contributed by atoms with E-state index in [9.17, 15) is 19.1 Å². The summed E-state index contributed by atoms with van der Waals surface area (Å²) < 4.78 is 29.7. The van der Waals surface area contributed by atoms with Crippen molar-refractivity contribution in [1.29, 1.82) is 0 Å². The van der Waals surface area contributed by atoms with Gasteiger partial charge in [-0.1, -0.05) is 12.1 Å². The Balaban J connectivity index is 1.54. The van der Waals surface area contributed by atoms with Crippen LogP contribution < -0.4 is 9.47 Å². The van der Waals surface area contributed by atoms with Crippen molar-refractivity contribution in [3.05, 3.63) is 88.6 Å². The van der Waals surface area contributed by atoms with E-state index in [2.05, 4.69) is 0 Å². The molecule has 1 saturated heterocycles. The lowest BCUT2D eigenvalue weighted by Gasteiger charge is -2.23. The number of carbonyl (C=O) groups excluding carboxylic acids is 2. The van der Waals surface area contributed by atoms with Crippen molar-refractivity contribution >= 4 is 17.4 Å². The van der Waals surface area contributed by atoms with Gasteiger partial charge in [-0.15, -0.1) is 0 Å². The van der Waals surface area contributed by atoms with Crippen molar-refractivity contribution in [3.63, 3.8) is 0 Å². The van der Waals surface area contributed by atoms with Gasteiger partial charge in [0, 0.05) is 12.1 Å². The number of aliphatic hydroxyl groups excluding tert-OH is 1. The van der Waals surface area contributed by atoms with Gasteiger partial charge in [-0.05, 0) is 61.4 Å². The van der Waals surface area contributed by atoms with Crippen LogP contribution in [0.1, 0.15) is 28.7 Å². The molecule has 3 aromatic rings. The van der Waals surface area contributed by atoms with Gasteiger partial charge in [0.2, 0.25) is 6.79 Å². The maximum absolute atomic E-state index is 13.2. The van der Waals surface area contributed by atoms with Crippen LogP contribution in [0.25, 0.3) is 5.76 Å². The van der Waals surface area contributed by atoms with Crippen LogP contribution in [0.3, 0.4) is 0 Å². The molecule has 1 amide bonds. The van der Waals surface area contributed by atoms with Crippen molar-refractivity contribution in [1.82, 2.24) is 4.90 Å². The maximum atomic E-state index is 13.2. The molecule has 8 heteroatoms. The van der Waals surface area contributed by atoms with Gasteiger partial charge in [0.15, 0.2) is 11.5 Å². The number of fused-ring (bicyclic) bond motifs is 1. The predicted molar refractivity (Wildman–Crippen MR) is 115 cm³/mol. The summed E-state index contributed by atoms with van der Waals surface area (Å²) in [5.74, 6) is -0.268. The molecule has 0 spiro atoms. The Morgan fingerprint density at radius 2 is 1.82 bits per heavy atom. The first-order valence-electron chi connectivity index (χ1n) is 10.4. The first kappa shape index (κ1) is 20.8. The molecule has 0 aliphatic carbocycles. The van der Waals surface area contributed by atoms with Crippen molar-refractivity contribution in [2.45, 2.75) is 19.4 Å². The molecule has 1 fully saturated rings. The quantitative estimate of drug-likeness (QED) is 0.358. The first-order chi connectivity index (χ1) is 15.9. The molecule has 2 aliphatic rings. The van der Waals surface area contributed by atoms with E-state index in [4.69, 9.17) is 13.9 Å². The van der Waals surface area contributed by atoms with E-state index in [1.807, 2.05) is 0 Å². The van der Waals surface area contributed by atoms with Gasteiger partial charge < -0.3 is 23.9 Å².